The van der Waals surface area contributed by atoms with E-state index in [0.717, 1.165) is 5.56 Å². The van der Waals surface area contributed by atoms with Gasteiger partial charge in [0.05, 0.1) is 11.6 Å². The van der Waals surface area contributed by atoms with Gasteiger partial charge in [-0.25, -0.2) is 4.79 Å². The molecule has 5 heteroatoms. The van der Waals surface area contributed by atoms with Crippen LogP contribution in [-0.4, -0.2) is 12.1 Å². The van der Waals surface area contributed by atoms with Gasteiger partial charge in [-0.3, -0.25) is 0 Å². The summed E-state index contributed by atoms with van der Waals surface area (Å²) in [5, 5.41) is 0. The van der Waals surface area contributed by atoms with Crippen molar-refractivity contribution in [2.45, 2.75) is 13.1 Å². The van der Waals surface area contributed by atoms with E-state index in [4.69, 9.17) is 4.74 Å². The first kappa shape index (κ1) is 15.8. The van der Waals surface area contributed by atoms with Crippen molar-refractivity contribution >= 4 is 11.7 Å². The number of alkyl halides is 3. The summed E-state index contributed by atoms with van der Waals surface area (Å²) >= 11 is 0. The molecule has 2 nitrogen and oxygen atoms in total. The molecule has 0 saturated carbocycles. The number of benzene rings is 2. The number of rotatable bonds is 3. The average Bonchev–Trinajstić information content (AvgIpc) is 2.47. The Morgan fingerprint density at radius 1 is 0.955 bits per heavy atom. The Morgan fingerprint density at radius 2 is 1.55 bits per heavy atom. The quantitative estimate of drug-likeness (QED) is 0.604. The molecule has 0 aliphatic rings. The molecule has 0 saturated heterocycles. The zero-order valence-corrected chi connectivity index (χ0v) is 11.7. The van der Waals surface area contributed by atoms with E-state index < -0.39 is 17.9 Å². The second kappa shape index (κ2) is 6.47. The van der Waals surface area contributed by atoms with Gasteiger partial charge in [-0.1, -0.05) is 48.0 Å². The van der Waals surface area contributed by atoms with Crippen molar-refractivity contribution < 1.29 is 22.7 Å². The second-order valence-corrected chi connectivity index (χ2v) is 4.67. The molecular formula is C17H13F3O2. The van der Waals surface area contributed by atoms with Gasteiger partial charge in [0.25, 0.3) is 0 Å². The van der Waals surface area contributed by atoms with E-state index in [2.05, 4.69) is 0 Å². The highest BCUT2D eigenvalue weighted by atomic mass is 19.4. The Hall–Kier alpha value is -2.56. The van der Waals surface area contributed by atoms with Crippen LogP contribution in [0.5, 0.6) is 0 Å². The Kier molecular flexibility index (Phi) is 4.65. The molecular weight excluding hydrogens is 293 g/mol. The van der Waals surface area contributed by atoms with Gasteiger partial charge in [0.15, 0.2) is 0 Å². The molecule has 0 aromatic heterocycles. The Labute approximate surface area is 125 Å². The van der Waals surface area contributed by atoms with E-state index >= 15 is 0 Å². The Balaban J connectivity index is 2.32. The minimum Gasteiger partial charge on any atom is -0.422 e. The first-order valence-electron chi connectivity index (χ1n) is 6.49. The number of aryl methyl sites for hydroxylation is 1. The average molecular weight is 306 g/mol. The van der Waals surface area contributed by atoms with E-state index in [9.17, 15) is 18.0 Å². The first-order chi connectivity index (χ1) is 10.3. The largest absolute Gasteiger partial charge is 0.422 e. The lowest BCUT2D eigenvalue weighted by Crippen LogP contribution is -2.09. The van der Waals surface area contributed by atoms with Gasteiger partial charge >= 0.3 is 12.1 Å². The molecule has 0 bridgehead atoms. The molecule has 0 fully saturated rings. The van der Waals surface area contributed by atoms with Crippen molar-refractivity contribution in [3.63, 3.8) is 0 Å². The fraction of sp³-hybridized carbons (Fsp3) is 0.118. The highest BCUT2D eigenvalue weighted by molar-refractivity contribution is 5.93. The maximum atomic E-state index is 12.7. The van der Waals surface area contributed by atoms with Gasteiger partial charge in [0.2, 0.25) is 0 Å². The monoisotopic (exact) mass is 306 g/mol. The Bertz CT molecular complexity index is 671. The van der Waals surface area contributed by atoms with Crippen LogP contribution in [0, 0.1) is 6.92 Å². The van der Waals surface area contributed by atoms with E-state index in [1.54, 1.807) is 30.3 Å². The lowest BCUT2D eigenvalue weighted by Gasteiger charge is -2.11. The maximum Gasteiger partial charge on any atom is 0.413 e. The zero-order chi connectivity index (χ0) is 16.2. The predicted molar refractivity (Wildman–Crippen MR) is 77.1 cm³/mol. The van der Waals surface area contributed by atoms with Crippen LogP contribution in [0.15, 0.2) is 60.7 Å². The molecule has 2 rings (SSSR count). The molecule has 0 amide bonds. The van der Waals surface area contributed by atoms with Crippen molar-refractivity contribution in [2.75, 3.05) is 0 Å². The summed E-state index contributed by atoms with van der Waals surface area (Å²) in [5.41, 5.74) is 1.26. The second-order valence-electron chi connectivity index (χ2n) is 4.67. The molecule has 0 aliphatic carbocycles. The molecule has 0 atom stereocenters. The number of ether oxygens (including phenoxy) is 1. The third-order valence-electron chi connectivity index (χ3n) is 2.84. The summed E-state index contributed by atoms with van der Waals surface area (Å²) in [6.07, 6.45) is -4.60. The number of carbonyl (C=O) groups excluding carboxylic acids is 1. The van der Waals surface area contributed by atoms with Gasteiger partial charge in [0.1, 0.15) is 5.76 Å². The minimum atomic E-state index is -4.59. The van der Waals surface area contributed by atoms with Crippen molar-refractivity contribution in [3.8, 4) is 0 Å². The molecule has 0 radical (unpaired) electrons. The van der Waals surface area contributed by atoms with Crippen LogP contribution in [0.4, 0.5) is 13.2 Å². The molecule has 0 aliphatic heterocycles. The maximum absolute atomic E-state index is 12.7. The number of halogens is 3. The normalized spacial score (nSPS) is 12.1. The van der Waals surface area contributed by atoms with Gasteiger partial charge in [-0.2, -0.15) is 13.2 Å². The smallest absolute Gasteiger partial charge is 0.413 e. The molecule has 0 unspecified atom stereocenters. The predicted octanol–water partition coefficient (Wildman–Crippen LogP) is 4.76. The van der Waals surface area contributed by atoms with Crippen LogP contribution < -0.4 is 0 Å². The summed E-state index contributed by atoms with van der Waals surface area (Å²) in [6, 6.07) is 14.1. The summed E-state index contributed by atoms with van der Waals surface area (Å²) in [6.45, 7) is 1.81. The van der Waals surface area contributed by atoms with E-state index in [1.807, 2.05) is 6.92 Å². The number of allylic oxidation sites excluding steroid dienone is 1. The van der Waals surface area contributed by atoms with Crippen molar-refractivity contribution in [3.05, 3.63) is 77.4 Å². The highest BCUT2D eigenvalue weighted by Crippen LogP contribution is 2.26. The Morgan fingerprint density at radius 3 is 2.09 bits per heavy atom. The fourth-order valence-corrected chi connectivity index (χ4v) is 1.77. The fourth-order valence-electron chi connectivity index (χ4n) is 1.77. The lowest BCUT2D eigenvalue weighted by molar-refractivity contribution is -0.0802. The molecule has 2 aromatic rings. The molecule has 114 valence electrons. The number of carbonyl (C=O) groups is 1. The van der Waals surface area contributed by atoms with Crippen molar-refractivity contribution in [1.29, 1.82) is 0 Å². The number of esters is 1. The van der Waals surface area contributed by atoms with Crippen molar-refractivity contribution in [2.24, 2.45) is 0 Å². The lowest BCUT2D eigenvalue weighted by atomic mass is 10.1. The van der Waals surface area contributed by atoms with Gasteiger partial charge in [-0.15, -0.1) is 0 Å². The van der Waals surface area contributed by atoms with Crippen molar-refractivity contribution in [1.82, 2.24) is 0 Å². The molecule has 0 spiro atoms. The van der Waals surface area contributed by atoms with E-state index in [-0.39, 0.29) is 17.2 Å². The zero-order valence-electron chi connectivity index (χ0n) is 11.7. The van der Waals surface area contributed by atoms with E-state index in [0.29, 0.717) is 0 Å². The third-order valence-corrected chi connectivity index (χ3v) is 2.84. The van der Waals surface area contributed by atoms with Gasteiger partial charge in [0, 0.05) is 5.56 Å². The molecule has 2 aromatic carbocycles. The summed E-state index contributed by atoms with van der Waals surface area (Å²) < 4.78 is 42.9. The summed E-state index contributed by atoms with van der Waals surface area (Å²) in [4.78, 5) is 12.0. The topological polar surface area (TPSA) is 26.3 Å². The molecule has 22 heavy (non-hydrogen) atoms. The highest BCUT2D eigenvalue weighted by Gasteiger charge is 2.27. The summed E-state index contributed by atoms with van der Waals surface area (Å²) in [7, 11) is 0. The third kappa shape index (κ3) is 4.48. The van der Waals surface area contributed by atoms with Gasteiger partial charge in [-0.05, 0) is 19.1 Å². The van der Waals surface area contributed by atoms with Gasteiger partial charge < -0.3 is 4.74 Å². The summed E-state index contributed by atoms with van der Waals surface area (Å²) in [5.74, 6) is -1.36. The van der Waals surface area contributed by atoms with Crippen LogP contribution in [0.2, 0.25) is 0 Å². The molecule has 0 N–H and O–H groups in total. The van der Waals surface area contributed by atoms with Crippen LogP contribution in [0.3, 0.4) is 0 Å². The van der Waals surface area contributed by atoms with Crippen LogP contribution >= 0.6 is 0 Å². The first-order valence-corrected chi connectivity index (χ1v) is 6.49. The van der Waals surface area contributed by atoms with Crippen LogP contribution in [-0.2, 0) is 4.74 Å². The van der Waals surface area contributed by atoms with Crippen LogP contribution in [0.1, 0.15) is 21.5 Å². The molecule has 0 heterocycles. The minimum absolute atomic E-state index is 0.0154. The van der Waals surface area contributed by atoms with E-state index in [1.165, 1.54) is 24.3 Å². The standard InChI is InChI=1S/C17H13F3O2/c1-12-7-9-13(10-8-12)15(11-17(18,19)20)22-16(21)14-5-3-2-4-6-14/h2-11H,1H3/b15-11+. The SMILES string of the molecule is Cc1ccc(/C(=C\C(F)(F)F)OC(=O)c2ccccc2)cc1. The number of hydrogen-bond donors (Lipinski definition) is 0. The number of hydrogen-bond acceptors (Lipinski definition) is 2. The van der Waals surface area contributed by atoms with Crippen LogP contribution in [0.25, 0.3) is 5.76 Å².